The summed E-state index contributed by atoms with van der Waals surface area (Å²) in [7, 11) is -3.76. The fourth-order valence-corrected chi connectivity index (χ4v) is 1.31. The smallest absolute Gasteiger partial charge is 1.00 e. The fourth-order valence-electron chi connectivity index (χ4n) is 0.435. The number of rotatable bonds is 2. The van der Waals surface area contributed by atoms with Crippen LogP contribution in [0.5, 0.6) is 0 Å². The molecule has 0 unspecified atom stereocenters. The fraction of sp³-hybridized carbons (Fsp3) is 1.00. The predicted octanol–water partition coefficient (Wildman–Crippen LogP) is -1.57. The average Bonchev–Trinajstić information content (AvgIpc) is 1.57. The minimum atomic E-state index is -3.76. The van der Waals surface area contributed by atoms with E-state index in [0.717, 1.165) is 0 Å². The minimum Gasteiger partial charge on any atom is -1.00 e. The van der Waals surface area contributed by atoms with Crippen LogP contribution in [0.2, 0.25) is 0 Å². The molecule has 5 heteroatoms. The third kappa shape index (κ3) is 13.5. The quantitative estimate of drug-likeness (QED) is 0.406. The molecule has 0 radical (unpaired) electrons. The molecular weight excluding hydrogens is 159 g/mol. The van der Waals surface area contributed by atoms with E-state index in [9.17, 15) is 8.42 Å². The summed E-state index contributed by atoms with van der Waals surface area (Å²) in [4.78, 5) is 0. The minimum absolute atomic E-state index is 0. The summed E-state index contributed by atoms with van der Waals surface area (Å²) in [5, 5.41) is 0. The van der Waals surface area contributed by atoms with Crippen molar-refractivity contribution in [2.75, 3.05) is 5.75 Å². The topological polar surface area (TPSA) is 54.4 Å². The Morgan fingerprint density at radius 1 is 1.36 bits per heavy atom. The van der Waals surface area contributed by atoms with Crippen LogP contribution in [0, 0.1) is 5.41 Å². The van der Waals surface area contributed by atoms with Crippen LogP contribution in [-0.4, -0.2) is 18.7 Å². The summed E-state index contributed by atoms with van der Waals surface area (Å²) < 4.78 is 28.8. The van der Waals surface area contributed by atoms with Gasteiger partial charge < -0.3 is 1.43 Å². The molecule has 0 aromatic heterocycles. The molecule has 3 nitrogen and oxygen atoms in total. The maximum Gasteiger partial charge on any atom is 1.00 e. The first-order valence-corrected chi connectivity index (χ1v) is 4.77. The van der Waals surface area contributed by atoms with E-state index >= 15 is 0 Å². The molecule has 0 saturated heterocycles. The van der Waals surface area contributed by atoms with Gasteiger partial charge >= 0.3 is 18.9 Å². The molecule has 0 bridgehead atoms. The van der Waals surface area contributed by atoms with Crippen LogP contribution in [-0.2, 0) is 10.1 Å². The third-order valence-electron chi connectivity index (χ3n) is 1.11. The standard InChI is InChI=1S/C6H14O3S.Li.H/c1-6(2,3)4-5-10(7,8)9;;/h4-5H2,1-3H3,(H,7,8,9);;/q;+1;-1. The number of hydrogen-bond donors (Lipinski definition) is 1. The van der Waals surface area contributed by atoms with Crippen LogP contribution < -0.4 is 18.9 Å². The average molecular weight is 174 g/mol. The van der Waals surface area contributed by atoms with Gasteiger partial charge in [-0.05, 0) is 11.8 Å². The van der Waals surface area contributed by atoms with Gasteiger partial charge in [0, 0.05) is 0 Å². The summed E-state index contributed by atoms with van der Waals surface area (Å²) in [6.07, 6.45) is 0.492. The zero-order chi connectivity index (χ0) is 8.41. The molecule has 0 saturated carbocycles. The Balaban J connectivity index is -0.000000405. The van der Waals surface area contributed by atoms with Crippen LogP contribution in [0.25, 0.3) is 0 Å². The Kier molecular flexibility index (Phi) is 5.77. The van der Waals surface area contributed by atoms with E-state index in [4.69, 9.17) is 4.55 Å². The van der Waals surface area contributed by atoms with Crippen molar-refractivity contribution in [3.8, 4) is 0 Å². The van der Waals surface area contributed by atoms with Crippen LogP contribution in [0.1, 0.15) is 28.6 Å². The van der Waals surface area contributed by atoms with Crippen molar-refractivity contribution in [2.45, 2.75) is 27.2 Å². The van der Waals surface area contributed by atoms with Crippen molar-refractivity contribution >= 4 is 10.1 Å². The van der Waals surface area contributed by atoms with Crippen molar-refractivity contribution in [1.29, 1.82) is 0 Å². The van der Waals surface area contributed by atoms with Gasteiger partial charge in [0.1, 0.15) is 0 Å². The van der Waals surface area contributed by atoms with Crippen LogP contribution in [0.3, 0.4) is 0 Å². The van der Waals surface area contributed by atoms with E-state index in [-0.39, 0.29) is 31.5 Å². The monoisotopic (exact) mass is 174 g/mol. The first kappa shape index (κ1) is 14.1. The van der Waals surface area contributed by atoms with E-state index < -0.39 is 10.1 Å². The van der Waals surface area contributed by atoms with Crippen LogP contribution in [0.15, 0.2) is 0 Å². The Morgan fingerprint density at radius 2 is 1.73 bits per heavy atom. The van der Waals surface area contributed by atoms with E-state index in [0.29, 0.717) is 6.42 Å². The van der Waals surface area contributed by atoms with E-state index in [2.05, 4.69) is 0 Å². The Labute approximate surface area is 82.0 Å². The number of hydrogen-bond acceptors (Lipinski definition) is 2. The van der Waals surface area contributed by atoms with Crippen molar-refractivity contribution in [1.82, 2.24) is 0 Å². The molecule has 0 amide bonds. The molecule has 0 aliphatic carbocycles. The largest absolute Gasteiger partial charge is 1.00 e. The van der Waals surface area contributed by atoms with Gasteiger partial charge in [0.15, 0.2) is 0 Å². The molecule has 0 atom stereocenters. The molecule has 0 aliphatic heterocycles. The van der Waals surface area contributed by atoms with Crippen LogP contribution in [0.4, 0.5) is 0 Å². The van der Waals surface area contributed by atoms with Crippen molar-refractivity contribution in [2.24, 2.45) is 5.41 Å². The first-order chi connectivity index (χ1) is 4.21. The van der Waals surface area contributed by atoms with Crippen molar-refractivity contribution < 1.29 is 33.3 Å². The van der Waals surface area contributed by atoms with Gasteiger partial charge in [-0.25, -0.2) is 0 Å². The van der Waals surface area contributed by atoms with E-state index in [1.165, 1.54) is 0 Å². The van der Waals surface area contributed by atoms with E-state index in [1.54, 1.807) is 0 Å². The normalized spacial score (nSPS) is 12.4. The summed E-state index contributed by atoms with van der Waals surface area (Å²) >= 11 is 0. The molecule has 0 spiro atoms. The van der Waals surface area contributed by atoms with Gasteiger partial charge in [0.2, 0.25) is 0 Å². The van der Waals surface area contributed by atoms with Gasteiger partial charge in [-0.1, -0.05) is 20.8 Å². The second-order valence-electron chi connectivity index (χ2n) is 3.60. The molecule has 11 heavy (non-hydrogen) atoms. The maximum atomic E-state index is 10.2. The zero-order valence-electron chi connectivity index (χ0n) is 8.59. The molecular formula is C6H15LiO3S. The Bertz CT molecular complexity index is 195. The zero-order valence-corrected chi connectivity index (χ0v) is 8.40. The SMILES string of the molecule is CC(C)(C)CCS(=O)(=O)O.[H-].[Li+]. The molecule has 64 valence electrons. The van der Waals surface area contributed by atoms with Gasteiger partial charge in [-0.2, -0.15) is 8.42 Å². The summed E-state index contributed by atoms with van der Waals surface area (Å²) in [5.41, 5.74) is -0.0319. The van der Waals surface area contributed by atoms with Crippen molar-refractivity contribution in [3.63, 3.8) is 0 Å². The predicted molar refractivity (Wildman–Crippen MR) is 41.6 cm³/mol. The van der Waals surface area contributed by atoms with Gasteiger partial charge in [0.05, 0.1) is 5.75 Å². The van der Waals surface area contributed by atoms with Gasteiger partial charge in [-0.15, -0.1) is 0 Å². The summed E-state index contributed by atoms with van der Waals surface area (Å²) in [6.45, 7) is 5.79. The second kappa shape index (κ2) is 4.51. The third-order valence-corrected chi connectivity index (χ3v) is 1.83. The summed E-state index contributed by atoms with van der Waals surface area (Å²) in [5.74, 6) is -0.142. The molecule has 0 aromatic carbocycles. The van der Waals surface area contributed by atoms with Gasteiger partial charge in [-0.3, -0.25) is 4.55 Å². The Morgan fingerprint density at radius 3 is 1.82 bits per heavy atom. The molecule has 1 N–H and O–H groups in total. The molecule has 0 heterocycles. The van der Waals surface area contributed by atoms with Crippen LogP contribution >= 0.6 is 0 Å². The molecule has 0 fully saturated rings. The second-order valence-corrected chi connectivity index (χ2v) is 5.17. The Hall–Kier alpha value is 0.507. The first-order valence-electron chi connectivity index (χ1n) is 3.16. The summed E-state index contributed by atoms with van der Waals surface area (Å²) in [6, 6.07) is 0. The van der Waals surface area contributed by atoms with Gasteiger partial charge in [0.25, 0.3) is 10.1 Å². The molecule has 0 aliphatic rings. The van der Waals surface area contributed by atoms with Crippen molar-refractivity contribution in [3.05, 3.63) is 0 Å². The maximum absolute atomic E-state index is 10.2. The van der Waals surface area contributed by atoms with E-state index in [1.807, 2.05) is 20.8 Å². The molecule has 0 aromatic rings. The molecule has 0 rings (SSSR count).